The van der Waals surface area contributed by atoms with E-state index in [1.165, 1.54) is 23.5 Å². The van der Waals surface area contributed by atoms with Gasteiger partial charge in [0, 0.05) is 33.7 Å². The van der Waals surface area contributed by atoms with Crippen molar-refractivity contribution in [3.05, 3.63) is 112 Å². The van der Waals surface area contributed by atoms with Crippen LogP contribution in [-0.2, 0) is 21.2 Å². The Labute approximate surface area is 243 Å². The van der Waals surface area contributed by atoms with E-state index in [9.17, 15) is 13.2 Å². The van der Waals surface area contributed by atoms with Gasteiger partial charge in [0.1, 0.15) is 5.75 Å². The van der Waals surface area contributed by atoms with Gasteiger partial charge in [-0.3, -0.25) is 4.79 Å². The highest BCUT2D eigenvalue weighted by Gasteiger charge is 2.26. The van der Waals surface area contributed by atoms with Crippen LogP contribution in [0.15, 0.2) is 99.4 Å². The number of rotatable bonds is 11. The summed E-state index contributed by atoms with van der Waals surface area (Å²) in [7, 11) is -2.44. The van der Waals surface area contributed by atoms with Crippen molar-refractivity contribution in [1.29, 1.82) is 0 Å². The van der Waals surface area contributed by atoms with E-state index in [-0.39, 0.29) is 18.0 Å². The van der Waals surface area contributed by atoms with Gasteiger partial charge in [-0.15, -0.1) is 0 Å². The van der Waals surface area contributed by atoms with Gasteiger partial charge in [-0.2, -0.15) is 9.41 Å². The molecule has 1 amide bonds. The van der Waals surface area contributed by atoms with E-state index in [0.29, 0.717) is 12.2 Å². The molecule has 0 aliphatic carbocycles. The number of ether oxygens (including phenoxy) is 1. The van der Waals surface area contributed by atoms with Crippen LogP contribution in [0.4, 0.5) is 0 Å². The molecule has 0 atom stereocenters. The van der Waals surface area contributed by atoms with Crippen LogP contribution in [-0.4, -0.2) is 49.6 Å². The summed E-state index contributed by atoms with van der Waals surface area (Å²) in [4.78, 5) is 13.0. The van der Waals surface area contributed by atoms with Gasteiger partial charge in [0.2, 0.25) is 10.0 Å². The van der Waals surface area contributed by atoms with Crippen molar-refractivity contribution in [3.8, 4) is 11.4 Å². The molecule has 1 heterocycles. The van der Waals surface area contributed by atoms with Crippen molar-refractivity contribution in [2.75, 3.05) is 20.2 Å². The number of amides is 1. The Morgan fingerprint density at radius 2 is 1.70 bits per heavy atom. The average molecular weight is 624 g/mol. The number of nitrogens with one attached hydrogen (secondary N) is 1. The van der Waals surface area contributed by atoms with Crippen molar-refractivity contribution in [2.24, 2.45) is 5.10 Å². The molecule has 4 aromatic rings. The normalized spacial score (nSPS) is 11.7. The summed E-state index contributed by atoms with van der Waals surface area (Å²) in [6.45, 7) is 3.73. The van der Waals surface area contributed by atoms with Gasteiger partial charge in [-0.05, 0) is 80.4 Å². The Hall–Kier alpha value is -3.73. The molecule has 0 spiro atoms. The van der Waals surface area contributed by atoms with E-state index in [2.05, 4.69) is 31.0 Å². The first kappa shape index (κ1) is 29.3. The number of benzene rings is 3. The maximum Gasteiger partial charge on any atom is 0.255 e. The van der Waals surface area contributed by atoms with Gasteiger partial charge in [0.05, 0.1) is 24.8 Å². The van der Waals surface area contributed by atoms with Crippen LogP contribution >= 0.6 is 15.9 Å². The van der Waals surface area contributed by atoms with Gasteiger partial charge in [0.25, 0.3) is 5.91 Å². The molecule has 0 aliphatic rings. The van der Waals surface area contributed by atoms with E-state index in [1.54, 1.807) is 18.3 Å². The van der Waals surface area contributed by atoms with Crippen LogP contribution in [0.5, 0.6) is 5.75 Å². The molecule has 4 rings (SSSR count). The molecule has 0 radical (unpaired) electrons. The number of hydrogen-bond acceptors (Lipinski definition) is 5. The fourth-order valence-corrected chi connectivity index (χ4v) is 6.02. The third-order valence-corrected chi connectivity index (χ3v) is 8.85. The molecule has 208 valence electrons. The van der Waals surface area contributed by atoms with Gasteiger partial charge in [-0.25, -0.2) is 13.8 Å². The maximum atomic E-state index is 13.5. The molecule has 8 nitrogen and oxygen atoms in total. The summed E-state index contributed by atoms with van der Waals surface area (Å²) in [5, 5.41) is 4.13. The van der Waals surface area contributed by atoms with Crippen molar-refractivity contribution >= 4 is 38.1 Å². The molecule has 1 N–H and O–H groups in total. The number of nitrogens with zero attached hydrogens (tertiary/aromatic N) is 3. The maximum absolute atomic E-state index is 13.5. The van der Waals surface area contributed by atoms with Crippen molar-refractivity contribution in [3.63, 3.8) is 0 Å². The molecule has 0 saturated heterocycles. The van der Waals surface area contributed by atoms with Crippen LogP contribution in [0.25, 0.3) is 5.69 Å². The third-order valence-electron chi connectivity index (χ3n) is 6.46. The number of halogens is 1. The highest BCUT2D eigenvalue weighted by atomic mass is 79.9. The number of hydrogen-bond donors (Lipinski definition) is 1. The standard InChI is InChI=1S/C30H31BrN4O4S/c1-22-19-25(23(2)35(22)27-11-9-26(31)10-12-27)20-32-33-30(36)21-34(18-17-24-7-5-4-6-8-24)40(37,38)29-15-13-28(39-3)14-16-29/h4-16,19-20H,17-18,21H2,1-3H3,(H,33,36)/b32-20+. The minimum atomic E-state index is -3.95. The number of carbonyl (C=O) groups excluding carboxylic acids is 1. The van der Waals surface area contributed by atoms with E-state index in [0.717, 1.165) is 32.7 Å². The summed E-state index contributed by atoms with van der Waals surface area (Å²) in [6, 6.07) is 25.6. The Kier molecular flexibility index (Phi) is 9.57. The minimum absolute atomic E-state index is 0.0815. The van der Waals surface area contributed by atoms with Gasteiger partial charge < -0.3 is 9.30 Å². The number of carbonyl (C=O) groups is 1. The van der Waals surface area contributed by atoms with Crippen LogP contribution in [0.3, 0.4) is 0 Å². The zero-order chi connectivity index (χ0) is 28.7. The number of aryl methyl sites for hydroxylation is 1. The topological polar surface area (TPSA) is 93.0 Å². The summed E-state index contributed by atoms with van der Waals surface area (Å²) >= 11 is 3.46. The fraction of sp³-hybridized carbons (Fsp3) is 0.200. The van der Waals surface area contributed by atoms with E-state index >= 15 is 0 Å². The third kappa shape index (κ3) is 7.07. The molecule has 0 bridgehead atoms. The van der Waals surface area contributed by atoms with Gasteiger partial charge >= 0.3 is 0 Å². The van der Waals surface area contributed by atoms with E-state index in [1.807, 2.05) is 74.5 Å². The summed E-state index contributed by atoms with van der Waals surface area (Å²) in [5.74, 6) is 0.00415. The Bertz CT molecular complexity index is 1580. The van der Waals surface area contributed by atoms with Gasteiger partial charge in [-0.1, -0.05) is 46.3 Å². The van der Waals surface area contributed by atoms with Crippen molar-refractivity contribution in [1.82, 2.24) is 14.3 Å². The second kappa shape index (κ2) is 13.1. The first-order valence-corrected chi connectivity index (χ1v) is 14.9. The zero-order valence-corrected chi connectivity index (χ0v) is 24.9. The second-order valence-electron chi connectivity index (χ2n) is 9.18. The predicted molar refractivity (Wildman–Crippen MR) is 161 cm³/mol. The number of methoxy groups -OCH3 is 1. The van der Waals surface area contributed by atoms with Crippen molar-refractivity contribution in [2.45, 2.75) is 25.2 Å². The average Bonchev–Trinajstić information content (AvgIpc) is 3.24. The zero-order valence-electron chi connectivity index (χ0n) is 22.5. The Morgan fingerprint density at radius 1 is 1.02 bits per heavy atom. The van der Waals surface area contributed by atoms with Crippen LogP contribution < -0.4 is 10.2 Å². The predicted octanol–water partition coefficient (Wildman–Crippen LogP) is 5.25. The molecule has 0 aliphatic heterocycles. The highest BCUT2D eigenvalue weighted by Crippen LogP contribution is 2.22. The molecule has 0 fully saturated rings. The minimum Gasteiger partial charge on any atom is -0.497 e. The molecule has 0 unspecified atom stereocenters. The summed E-state index contributed by atoms with van der Waals surface area (Å²) < 4.78 is 36.4. The molecular formula is C30H31BrN4O4S. The summed E-state index contributed by atoms with van der Waals surface area (Å²) in [6.07, 6.45) is 2.02. The smallest absolute Gasteiger partial charge is 0.255 e. The number of aromatic nitrogens is 1. The summed E-state index contributed by atoms with van der Waals surface area (Å²) in [5.41, 5.74) is 7.30. The number of sulfonamides is 1. The lowest BCUT2D eigenvalue weighted by atomic mass is 10.1. The lowest BCUT2D eigenvalue weighted by Crippen LogP contribution is -2.40. The van der Waals surface area contributed by atoms with E-state index in [4.69, 9.17) is 4.74 Å². The monoisotopic (exact) mass is 622 g/mol. The number of hydrazone groups is 1. The van der Waals surface area contributed by atoms with Crippen LogP contribution in [0.1, 0.15) is 22.5 Å². The van der Waals surface area contributed by atoms with Gasteiger partial charge in [0.15, 0.2) is 0 Å². The molecule has 40 heavy (non-hydrogen) atoms. The molecule has 0 saturated carbocycles. The first-order valence-electron chi connectivity index (χ1n) is 12.6. The quantitative estimate of drug-likeness (QED) is 0.183. The molecular weight excluding hydrogens is 592 g/mol. The molecule has 1 aromatic heterocycles. The molecule has 3 aromatic carbocycles. The lowest BCUT2D eigenvalue weighted by Gasteiger charge is -2.21. The fourth-order valence-electron chi connectivity index (χ4n) is 4.35. The molecule has 10 heteroatoms. The lowest BCUT2D eigenvalue weighted by molar-refractivity contribution is -0.121. The highest BCUT2D eigenvalue weighted by molar-refractivity contribution is 9.10. The first-order chi connectivity index (χ1) is 19.2. The van der Waals surface area contributed by atoms with Crippen molar-refractivity contribution < 1.29 is 17.9 Å². The van der Waals surface area contributed by atoms with Crippen LogP contribution in [0.2, 0.25) is 0 Å². The van der Waals surface area contributed by atoms with Crippen LogP contribution in [0, 0.1) is 13.8 Å². The second-order valence-corrected chi connectivity index (χ2v) is 12.0. The SMILES string of the molecule is COc1ccc(S(=O)(=O)N(CCc2ccccc2)CC(=O)N/N=C/c2cc(C)n(-c3ccc(Br)cc3)c2C)cc1. The largest absolute Gasteiger partial charge is 0.497 e. The Morgan fingerprint density at radius 3 is 2.35 bits per heavy atom. The Balaban J connectivity index is 1.49. The van der Waals surface area contributed by atoms with E-state index < -0.39 is 15.9 Å².